The van der Waals surface area contributed by atoms with E-state index in [0.29, 0.717) is 5.69 Å². The molecule has 5 nitrogen and oxygen atoms in total. The molecule has 1 atom stereocenters. The molecule has 19 heavy (non-hydrogen) atoms. The van der Waals surface area contributed by atoms with E-state index >= 15 is 0 Å². The molecule has 1 aromatic rings. The molecule has 0 saturated carbocycles. The Morgan fingerprint density at radius 3 is 2.21 bits per heavy atom. The Bertz CT molecular complexity index is 441. The van der Waals surface area contributed by atoms with E-state index < -0.39 is 11.8 Å². The second-order valence-corrected chi connectivity index (χ2v) is 4.68. The number of nitrogens with one attached hydrogen (secondary N) is 2. The molecule has 1 rings (SSSR count). The monoisotopic (exact) mass is 263 g/mol. The highest BCUT2D eigenvalue weighted by Gasteiger charge is 2.15. The Kier molecular flexibility index (Phi) is 5.36. The lowest BCUT2D eigenvalue weighted by molar-refractivity contribution is -0.136. The van der Waals surface area contributed by atoms with Gasteiger partial charge in [0, 0.05) is 31.5 Å². The van der Waals surface area contributed by atoms with E-state index in [9.17, 15) is 9.59 Å². The summed E-state index contributed by atoms with van der Waals surface area (Å²) in [5.74, 6) is -1.25. The lowest BCUT2D eigenvalue weighted by atomic mass is 10.2. The van der Waals surface area contributed by atoms with Crippen LogP contribution in [-0.4, -0.2) is 32.0 Å². The van der Waals surface area contributed by atoms with E-state index in [-0.39, 0.29) is 6.04 Å². The van der Waals surface area contributed by atoms with Gasteiger partial charge in [0.05, 0.1) is 0 Å². The van der Waals surface area contributed by atoms with Crippen LogP contribution in [0.5, 0.6) is 0 Å². The summed E-state index contributed by atoms with van der Waals surface area (Å²) < 4.78 is 0. The van der Waals surface area contributed by atoms with Crippen molar-refractivity contribution < 1.29 is 9.59 Å². The van der Waals surface area contributed by atoms with Crippen molar-refractivity contribution in [2.75, 3.05) is 24.3 Å². The van der Waals surface area contributed by atoms with E-state index in [2.05, 4.69) is 10.6 Å². The minimum Gasteiger partial charge on any atom is -0.378 e. The smallest absolute Gasteiger partial charge is 0.313 e. The molecule has 0 aliphatic rings. The van der Waals surface area contributed by atoms with Gasteiger partial charge < -0.3 is 15.5 Å². The first-order valence-electron chi connectivity index (χ1n) is 6.33. The lowest BCUT2D eigenvalue weighted by Gasteiger charge is -2.13. The molecule has 0 aliphatic heterocycles. The highest BCUT2D eigenvalue weighted by Crippen LogP contribution is 2.15. The summed E-state index contributed by atoms with van der Waals surface area (Å²) >= 11 is 0. The van der Waals surface area contributed by atoms with E-state index in [4.69, 9.17) is 0 Å². The number of rotatable bonds is 4. The molecule has 0 saturated heterocycles. The molecule has 0 heterocycles. The Labute approximate surface area is 114 Å². The third kappa shape index (κ3) is 4.62. The van der Waals surface area contributed by atoms with Crippen LogP contribution in [-0.2, 0) is 9.59 Å². The third-order valence-corrected chi connectivity index (χ3v) is 2.84. The Balaban J connectivity index is 2.59. The summed E-state index contributed by atoms with van der Waals surface area (Å²) in [5, 5.41) is 5.19. The summed E-state index contributed by atoms with van der Waals surface area (Å²) in [6, 6.07) is 7.28. The number of hydrogen-bond acceptors (Lipinski definition) is 3. The van der Waals surface area contributed by atoms with Crippen molar-refractivity contribution in [2.45, 2.75) is 26.3 Å². The molecular formula is C14H21N3O2. The van der Waals surface area contributed by atoms with Crippen molar-refractivity contribution in [1.82, 2.24) is 5.32 Å². The zero-order chi connectivity index (χ0) is 14.4. The van der Waals surface area contributed by atoms with Crippen LogP contribution >= 0.6 is 0 Å². The van der Waals surface area contributed by atoms with Crippen molar-refractivity contribution in [1.29, 1.82) is 0 Å². The van der Waals surface area contributed by atoms with E-state index in [1.54, 1.807) is 12.1 Å². The maximum Gasteiger partial charge on any atom is 0.313 e. The molecule has 1 aromatic carbocycles. The molecule has 5 heteroatoms. The Hall–Kier alpha value is -2.04. The SMILES string of the molecule is CC[C@H](C)NC(=O)C(=O)Nc1ccc(N(C)C)cc1. The second-order valence-electron chi connectivity index (χ2n) is 4.68. The first-order valence-corrected chi connectivity index (χ1v) is 6.33. The average molecular weight is 263 g/mol. The Morgan fingerprint density at radius 2 is 1.74 bits per heavy atom. The van der Waals surface area contributed by atoms with Crippen LogP contribution < -0.4 is 15.5 Å². The number of amides is 2. The van der Waals surface area contributed by atoms with Gasteiger partial charge in [-0.3, -0.25) is 9.59 Å². The van der Waals surface area contributed by atoms with Crippen LogP contribution in [0.2, 0.25) is 0 Å². The minimum atomic E-state index is -0.641. The lowest BCUT2D eigenvalue weighted by Crippen LogP contribution is -2.40. The maximum atomic E-state index is 11.6. The molecule has 0 fully saturated rings. The molecule has 0 unspecified atom stereocenters. The fourth-order valence-corrected chi connectivity index (χ4v) is 1.42. The fraction of sp³-hybridized carbons (Fsp3) is 0.429. The molecule has 104 valence electrons. The first kappa shape index (κ1) is 15.0. The highest BCUT2D eigenvalue weighted by atomic mass is 16.2. The van der Waals surface area contributed by atoms with Crippen molar-refractivity contribution >= 4 is 23.2 Å². The van der Waals surface area contributed by atoms with Gasteiger partial charge in [-0.05, 0) is 37.6 Å². The normalized spacial score (nSPS) is 11.6. The van der Waals surface area contributed by atoms with Gasteiger partial charge in [-0.1, -0.05) is 6.92 Å². The van der Waals surface area contributed by atoms with Crippen molar-refractivity contribution in [3.05, 3.63) is 24.3 Å². The molecule has 0 bridgehead atoms. The zero-order valence-electron chi connectivity index (χ0n) is 11.9. The number of carbonyl (C=O) groups excluding carboxylic acids is 2. The molecule has 0 spiro atoms. The van der Waals surface area contributed by atoms with Crippen LogP contribution in [0, 0.1) is 0 Å². The summed E-state index contributed by atoms with van der Waals surface area (Å²) in [4.78, 5) is 25.2. The molecule has 2 amide bonds. The largest absolute Gasteiger partial charge is 0.378 e. The van der Waals surface area contributed by atoms with Crippen molar-refractivity contribution in [3.63, 3.8) is 0 Å². The second kappa shape index (κ2) is 6.78. The molecule has 0 aromatic heterocycles. The topological polar surface area (TPSA) is 61.4 Å². The van der Waals surface area contributed by atoms with Gasteiger partial charge in [0.1, 0.15) is 0 Å². The number of benzene rings is 1. The van der Waals surface area contributed by atoms with Crippen LogP contribution in [0.1, 0.15) is 20.3 Å². The predicted octanol–water partition coefficient (Wildman–Crippen LogP) is 1.61. The van der Waals surface area contributed by atoms with Crippen molar-refractivity contribution in [2.24, 2.45) is 0 Å². The van der Waals surface area contributed by atoms with E-state index in [1.165, 1.54) is 0 Å². The molecule has 0 radical (unpaired) electrons. The zero-order valence-corrected chi connectivity index (χ0v) is 11.9. The number of carbonyl (C=O) groups is 2. The number of hydrogen-bond donors (Lipinski definition) is 2. The third-order valence-electron chi connectivity index (χ3n) is 2.84. The standard InChI is InChI=1S/C14H21N3O2/c1-5-10(2)15-13(18)14(19)16-11-6-8-12(9-7-11)17(3)4/h6-10H,5H2,1-4H3,(H,15,18)(H,16,19)/t10-/m0/s1. The van der Waals surface area contributed by atoms with Crippen LogP contribution in [0.3, 0.4) is 0 Å². The minimum absolute atomic E-state index is 0.00522. The molecular weight excluding hydrogens is 242 g/mol. The summed E-state index contributed by atoms with van der Waals surface area (Å²) in [5.41, 5.74) is 1.64. The van der Waals surface area contributed by atoms with Gasteiger partial charge in [-0.2, -0.15) is 0 Å². The van der Waals surface area contributed by atoms with Crippen LogP contribution in [0.25, 0.3) is 0 Å². The van der Waals surface area contributed by atoms with Crippen LogP contribution in [0.15, 0.2) is 24.3 Å². The maximum absolute atomic E-state index is 11.6. The fourth-order valence-electron chi connectivity index (χ4n) is 1.42. The summed E-state index contributed by atoms with van der Waals surface area (Å²) in [6.07, 6.45) is 0.788. The van der Waals surface area contributed by atoms with Gasteiger partial charge in [0.15, 0.2) is 0 Å². The predicted molar refractivity (Wildman–Crippen MR) is 77.3 cm³/mol. The quantitative estimate of drug-likeness (QED) is 0.811. The first-order chi connectivity index (χ1) is 8.93. The number of anilines is 2. The van der Waals surface area contributed by atoms with E-state index in [0.717, 1.165) is 12.1 Å². The van der Waals surface area contributed by atoms with Gasteiger partial charge in [-0.15, -0.1) is 0 Å². The van der Waals surface area contributed by atoms with Crippen LogP contribution in [0.4, 0.5) is 11.4 Å². The van der Waals surface area contributed by atoms with E-state index in [1.807, 2.05) is 45.0 Å². The summed E-state index contributed by atoms with van der Waals surface area (Å²) in [6.45, 7) is 3.81. The molecule has 0 aliphatic carbocycles. The van der Waals surface area contributed by atoms with Gasteiger partial charge in [-0.25, -0.2) is 0 Å². The van der Waals surface area contributed by atoms with Gasteiger partial charge >= 0.3 is 11.8 Å². The average Bonchev–Trinajstić information content (AvgIpc) is 2.38. The summed E-state index contributed by atoms with van der Waals surface area (Å²) in [7, 11) is 3.88. The van der Waals surface area contributed by atoms with Crippen molar-refractivity contribution in [3.8, 4) is 0 Å². The number of nitrogens with zero attached hydrogens (tertiary/aromatic N) is 1. The Morgan fingerprint density at radius 1 is 1.16 bits per heavy atom. The van der Waals surface area contributed by atoms with Gasteiger partial charge in [0.25, 0.3) is 0 Å². The highest BCUT2D eigenvalue weighted by molar-refractivity contribution is 6.39. The molecule has 2 N–H and O–H groups in total. The van der Waals surface area contributed by atoms with Gasteiger partial charge in [0.2, 0.25) is 0 Å².